The van der Waals surface area contributed by atoms with E-state index in [2.05, 4.69) is 6.92 Å². The van der Waals surface area contributed by atoms with Crippen molar-refractivity contribution in [3.8, 4) is 0 Å². The van der Waals surface area contributed by atoms with E-state index in [0.717, 1.165) is 32.1 Å². The molecule has 1 aromatic carbocycles. The maximum atomic E-state index is 12.8. The highest BCUT2D eigenvalue weighted by molar-refractivity contribution is 6.00. The van der Waals surface area contributed by atoms with Gasteiger partial charge in [0.25, 0.3) is 0 Å². The van der Waals surface area contributed by atoms with E-state index in [1.807, 2.05) is 6.92 Å². The number of benzene rings is 1. The number of carboxylic acids is 1. The second-order valence-electron chi connectivity index (χ2n) is 7.37. The monoisotopic (exact) mass is 349 g/mol. The second-order valence-corrected chi connectivity index (χ2v) is 7.37. The highest BCUT2D eigenvalue weighted by Crippen LogP contribution is 2.27. The van der Waals surface area contributed by atoms with Crippen molar-refractivity contribution in [3.05, 3.63) is 29.8 Å². The number of carbonyl (C=O) groups is 2. The van der Waals surface area contributed by atoms with Gasteiger partial charge in [0, 0.05) is 6.04 Å². The molecule has 0 aromatic heterocycles. The molecular weight excluding hydrogens is 318 g/mol. The number of carboxylic acid groups (broad SMARTS) is 1. The molecule has 0 spiro atoms. The third-order valence-corrected chi connectivity index (χ3v) is 3.90. The van der Waals surface area contributed by atoms with Crippen LogP contribution in [-0.4, -0.2) is 28.8 Å². The lowest BCUT2D eigenvalue weighted by molar-refractivity contribution is 0.0566. The fraction of sp³-hybridized carbons (Fsp3) is 0.600. The molecule has 1 atom stereocenters. The minimum atomic E-state index is -1.05. The van der Waals surface area contributed by atoms with E-state index in [9.17, 15) is 14.7 Å². The first-order valence-corrected chi connectivity index (χ1v) is 9.02. The standard InChI is InChI=1S/C20H31NO4/c1-6-7-8-9-12-15(2)21(19(24)25-20(3,4)5)17-14-11-10-13-16(17)18(22)23/h10-11,13-15H,6-9,12H2,1-5H3,(H,22,23). The number of rotatable bonds is 8. The Kier molecular flexibility index (Phi) is 7.94. The molecule has 25 heavy (non-hydrogen) atoms. The first-order valence-electron chi connectivity index (χ1n) is 9.02. The summed E-state index contributed by atoms with van der Waals surface area (Å²) >= 11 is 0. The molecule has 140 valence electrons. The molecule has 0 heterocycles. The summed E-state index contributed by atoms with van der Waals surface area (Å²) in [5.41, 5.74) is -0.156. The summed E-state index contributed by atoms with van der Waals surface area (Å²) in [6, 6.07) is 6.43. The first-order chi connectivity index (χ1) is 11.7. The van der Waals surface area contributed by atoms with Crippen molar-refractivity contribution in [3.63, 3.8) is 0 Å². The normalized spacial score (nSPS) is 12.5. The van der Waals surface area contributed by atoms with Crippen LogP contribution in [-0.2, 0) is 4.74 Å². The summed E-state index contributed by atoms with van der Waals surface area (Å²) in [7, 11) is 0. The van der Waals surface area contributed by atoms with E-state index < -0.39 is 17.7 Å². The van der Waals surface area contributed by atoms with Crippen molar-refractivity contribution >= 4 is 17.7 Å². The number of amides is 1. The summed E-state index contributed by atoms with van der Waals surface area (Å²) < 4.78 is 5.53. The molecule has 1 unspecified atom stereocenters. The van der Waals surface area contributed by atoms with Crippen LogP contribution < -0.4 is 4.90 Å². The summed E-state index contributed by atoms with van der Waals surface area (Å²) in [6.45, 7) is 9.50. The summed E-state index contributed by atoms with van der Waals surface area (Å²) in [5.74, 6) is -1.05. The molecular formula is C20H31NO4. The van der Waals surface area contributed by atoms with Gasteiger partial charge in [0.15, 0.2) is 0 Å². The average Bonchev–Trinajstić information content (AvgIpc) is 2.50. The number of nitrogens with zero attached hydrogens (tertiary/aromatic N) is 1. The van der Waals surface area contributed by atoms with Gasteiger partial charge in [0.05, 0.1) is 11.3 Å². The quantitative estimate of drug-likeness (QED) is 0.631. The Labute approximate surface area is 151 Å². The van der Waals surface area contributed by atoms with Crippen LogP contribution in [0.5, 0.6) is 0 Å². The van der Waals surface area contributed by atoms with Crippen LogP contribution in [0.3, 0.4) is 0 Å². The van der Waals surface area contributed by atoms with Crippen molar-refractivity contribution < 1.29 is 19.4 Å². The maximum Gasteiger partial charge on any atom is 0.415 e. The molecule has 0 bridgehead atoms. The third kappa shape index (κ3) is 6.77. The molecule has 0 aliphatic heterocycles. The van der Waals surface area contributed by atoms with Crippen LogP contribution in [0.2, 0.25) is 0 Å². The van der Waals surface area contributed by atoms with Gasteiger partial charge in [-0.15, -0.1) is 0 Å². The largest absolute Gasteiger partial charge is 0.478 e. The molecule has 0 aliphatic rings. The molecule has 0 fully saturated rings. The number of anilines is 1. The van der Waals surface area contributed by atoms with E-state index in [1.54, 1.807) is 39.0 Å². The zero-order valence-electron chi connectivity index (χ0n) is 16.0. The molecule has 1 rings (SSSR count). The Balaban J connectivity index is 3.11. The SMILES string of the molecule is CCCCCCC(C)N(C(=O)OC(C)(C)C)c1ccccc1C(=O)O. The fourth-order valence-electron chi connectivity index (χ4n) is 2.69. The molecule has 0 saturated carbocycles. The van der Waals surface area contributed by atoms with Crippen LogP contribution >= 0.6 is 0 Å². The predicted octanol–water partition coefficient (Wildman–Crippen LogP) is 5.49. The molecule has 1 N–H and O–H groups in total. The number of hydrogen-bond acceptors (Lipinski definition) is 3. The second kappa shape index (κ2) is 9.44. The summed E-state index contributed by atoms with van der Waals surface area (Å²) in [6.07, 6.45) is 4.68. The van der Waals surface area contributed by atoms with Gasteiger partial charge in [-0.25, -0.2) is 9.59 Å². The smallest absolute Gasteiger partial charge is 0.415 e. The Morgan fingerprint density at radius 2 is 1.80 bits per heavy atom. The average molecular weight is 349 g/mol. The summed E-state index contributed by atoms with van der Waals surface area (Å²) in [4.78, 5) is 25.8. The maximum absolute atomic E-state index is 12.8. The van der Waals surface area contributed by atoms with Gasteiger partial charge >= 0.3 is 12.1 Å². The zero-order chi connectivity index (χ0) is 19.0. The Bertz CT molecular complexity index is 577. The summed E-state index contributed by atoms with van der Waals surface area (Å²) in [5, 5.41) is 9.48. The molecule has 0 saturated heterocycles. The van der Waals surface area contributed by atoms with E-state index in [4.69, 9.17) is 4.74 Å². The van der Waals surface area contributed by atoms with Crippen LogP contribution in [0.1, 0.15) is 77.1 Å². The molecule has 0 aliphatic carbocycles. The van der Waals surface area contributed by atoms with Crippen molar-refractivity contribution in [1.29, 1.82) is 0 Å². The lowest BCUT2D eigenvalue weighted by Gasteiger charge is -2.32. The lowest BCUT2D eigenvalue weighted by atomic mass is 10.1. The minimum absolute atomic E-state index is 0.105. The molecule has 5 heteroatoms. The zero-order valence-corrected chi connectivity index (χ0v) is 16.0. The predicted molar refractivity (Wildman–Crippen MR) is 100 cm³/mol. The van der Waals surface area contributed by atoms with Gasteiger partial charge in [-0.2, -0.15) is 0 Å². The Morgan fingerprint density at radius 1 is 1.16 bits per heavy atom. The van der Waals surface area contributed by atoms with E-state index >= 15 is 0 Å². The highest BCUT2D eigenvalue weighted by Gasteiger charge is 2.29. The Hall–Kier alpha value is -2.04. The third-order valence-electron chi connectivity index (χ3n) is 3.90. The van der Waals surface area contributed by atoms with E-state index in [0.29, 0.717) is 5.69 Å². The van der Waals surface area contributed by atoms with Gasteiger partial charge in [-0.3, -0.25) is 4.90 Å². The molecule has 0 radical (unpaired) electrons. The van der Waals surface area contributed by atoms with Crippen molar-refractivity contribution in [1.82, 2.24) is 0 Å². The number of aromatic carboxylic acids is 1. The van der Waals surface area contributed by atoms with Gasteiger partial charge in [-0.05, 0) is 46.2 Å². The van der Waals surface area contributed by atoms with Crippen molar-refractivity contribution in [2.24, 2.45) is 0 Å². The van der Waals surface area contributed by atoms with Crippen molar-refractivity contribution in [2.45, 2.75) is 78.4 Å². The van der Waals surface area contributed by atoms with Crippen molar-refractivity contribution in [2.75, 3.05) is 4.90 Å². The fourth-order valence-corrected chi connectivity index (χ4v) is 2.69. The van der Waals surface area contributed by atoms with Crippen LogP contribution in [0.25, 0.3) is 0 Å². The van der Waals surface area contributed by atoms with E-state index in [-0.39, 0.29) is 11.6 Å². The lowest BCUT2D eigenvalue weighted by Crippen LogP contribution is -2.43. The van der Waals surface area contributed by atoms with Crippen LogP contribution in [0.15, 0.2) is 24.3 Å². The Morgan fingerprint density at radius 3 is 2.36 bits per heavy atom. The molecule has 1 amide bonds. The van der Waals surface area contributed by atoms with Gasteiger partial charge in [0.2, 0.25) is 0 Å². The number of unbranched alkanes of at least 4 members (excludes halogenated alkanes) is 3. The first kappa shape index (κ1) is 21.0. The molecule has 1 aromatic rings. The topological polar surface area (TPSA) is 66.8 Å². The number of para-hydroxylation sites is 1. The minimum Gasteiger partial charge on any atom is -0.478 e. The molecule has 5 nitrogen and oxygen atoms in total. The number of ether oxygens (including phenoxy) is 1. The van der Waals surface area contributed by atoms with Crippen LogP contribution in [0, 0.1) is 0 Å². The van der Waals surface area contributed by atoms with E-state index in [1.165, 1.54) is 11.0 Å². The van der Waals surface area contributed by atoms with Gasteiger partial charge in [0.1, 0.15) is 5.60 Å². The van der Waals surface area contributed by atoms with Gasteiger partial charge < -0.3 is 9.84 Å². The number of carbonyl (C=O) groups excluding carboxylic acids is 1. The van der Waals surface area contributed by atoms with Crippen LogP contribution in [0.4, 0.5) is 10.5 Å². The highest BCUT2D eigenvalue weighted by atomic mass is 16.6. The number of hydrogen-bond donors (Lipinski definition) is 1. The van der Waals surface area contributed by atoms with Gasteiger partial charge in [-0.1, -0.05) is 44.7 Å².